The molecule has 35 heavy (non-hydrogen) atoms. The molecule has 4 aromatic rings. The normalized spacial score (nSPS) is 21.6. The molecule has 10 heteroatoms. The zero-order valence-electron chi connectivity index (χ0n) is 18.9. The fourth-order valence-corrected chi connectivity index (χ4v) is 5.43. The quantitative estimate of drug-likeness (QED) is 0.447. The summed E-state index contributed by atoms with van der Waals surface area (Å²) in [6.07, 6.45) is 6.17. The second-order valence-corrected chi connectivity index (χ2v) is 9.23. The standard InChI is InChI=1S/C25H24F2N6O2/c26-19-4-2-1-3-16(19)13-32-23(21-7-8-35-31-21)11-22(30-32)24-28-12-20(27)25(29-24)33-17-5-6-18(33)10-15(9-17)14-34/h1-4,7-8,11-12,15,17-18,34H,5-6,9-10,13-14H2/t15?,17-,18+. The molecule has 3 aromatic heterocycles. The van der Waals surface area contributed by atoms with Crippen molar-refractivity contribution in [2.75, 3.05) is 11.5 Å². The van der Waals surface area contributed by atoms with Gasteiger partial charge in [-0.15, -0.1) is 0 Å². The van der Waals surface area contributed by atoms with Crippen LogP contribution in [0.25, 0.3) is 22.9 Å². The molecule has 0 spiro atoms. The van der Waals surface area contributed by atoms with E-state index >= 15 is 0 Å². The SMILES string of the molecule is OCC1C[C@H]2CC[C@@H](C1)N2c1nc(-c2cc(-c3ccon3)n(Cc3ccccc3F)n2)ncc1F. The number of aliphatic hydroxyl groups excluding tert-OH is 1. The molecule has 8 nitrogen and oxygen atoms in total. The van der Waals surface area contributed by atoms with Crippen molar-refractivity contribution in [2.45, 2.75) is 44.3 Å². The van der Waals surface area contributed by atoms with E-state index in [0.29, 0.717) is 22.6 Å². The fourth-order valence-electron chi connectivity index (χ4n) is 5.43. The lowest BCUT2D eigenvalue weighted by atomic mass is 9.91. The second kappa shape index (κ2) is 8.84. The number of halogens is 2. The van der Waals surface area contributed by atoms with E-state index in [1.807, 2.05) is 0 Å². The lowest BCUT2D eigenvalue weighted by Crippen LogP contribution is -2.44. The van der Waals surface area contributed by atoms with Crippen molar-refractivity contribution in [2.24, 2.45) is 5.92 Å². The fraction of sp³-hybridized carbons (Fsp3) is 0.360. The van der Waals surface area contributed by atoms with Crippen molar-refractivity contribution in [1.82, 2.24) is 24.9 Å². The molecule has 1 aromatic carbocycles. The largest absolute Gasteiger partial charge is 0.396 e. The molecular weight excluding hydrogens is 454 g/mol. The zero-order chi connectivity index (χ0) is 23.9. The van der Waals surface area contributed by atoms with Gasteiger partial charge in [-0.1, -0.05) is 23.4 Å². The van der Waals surface area contributed by atoms with Gasteiger partial charge in [0.15, 0.2) is 17.5 Å². The lowest BCUT2D eigenvalue weighted by Gasteiger charge is -2.39. The van der Waals surface area contributed by atoms with E-state index in [1.165, 1.54) is 18.5 Å². The maximum atomic E-state index is 15.0. The summed E-state index contributed by atoms with van der Waals surface area (Å²) in [7, 11) is 0. The first-order chi connectivity index (χ1) is 17.1. The van der Waals surface area contributed by atoms with E-state index in [0.717, 1.165) is 25.7 Å². The molecule has 1 unspecified atom stereocenters. The van der Waals surface area contributed by atoms with E-state index in [9.17, 15) is 13.9 Å². The summed E-state index contributed by atoms with van der Waals surface area (Å²) in [4.78, 5) is 10.9. The van der Waals surface area contributed by atoms with Crippen LogP contribution in [0.15, 0.2) is 53.4 Å². The number of piperidine rings is 1. The van der Waals surface area contributed by atoms with Crippen LogP contribution in [0.3, 0.4) is 0 Å². The topological polar surface area (TPSA) is 93.1 Å². The van der Waals surface area contributed by atoms with E-state index in [1.54, 1.807) is 35.0 Å². The van der Waals surface area contributed by atoms with Crippen LogP contribution in [0.4, 0.5) is 14.6 Å². The smallest absolute Gasteiger partial charge is 0.183 e. The minimum Gasteiger partial charge on any atom is -0.396 e. The van der Waals surface area contributed by atoms with Gasteiger partial charge in [0.05, 0.1) is 18.4 Å². The van der Waals surface area contributed by atoms with Crippen LogP contribution in [-0.4, -0.2) is 48.7 Å². The van der Waals surface area contributed by atoms with E-state index < -0.39 is 5.82 Å². The van der Waals surface area contributed by atoms with E-state index in [-0.39, 0.29) is 48.6 Å². The van der Waals surface area contributed by atoms with Gasteiger partial charge in [0.1, 0.15) is 23.5 Å². The first kappa shape index (κ1) is 21.8. The number of aliphatic hydroxyl groups is 1. The average molecular weight is 479 g/mol. The molecule has 2 aliphatic heterocycles. The van der Waals surface area contributed by atoms with Crippen molar-refractivity contribution < 1.29 is 18.4 Å². The molecule has 0 aliphatic carbocycles. The number of benzene rings is 1. The van der Waals surface area contributed by atoms with Crippen LogP contribution >= 0.6 is 0 Å². The van der Waals surface area contributed by atoms with Crippen molar-refractivity contribution in [3.63, 3.8) is 0 Å². The van der Waals surface area contributed by atoms with Crippen molar-refractivity contribution in [3.8, 4) is 22.9 Å². The Labute approximate surface area is 200 Å². The Morgan fingerprint density at radius 1 is 1.03 bits per heavy atom. The van der Waals surface area contributed by atoms with Gasteiger partial charge in [-0.2, -0.15) is 5.10 Å². The molecule has 5 heterocycles. The minimum atomic E-state index is -0.476. The van der Waals surface area contributed by atoms with Crippen molar-refractivity contribution in [3.05, 3.63) is 66.1 Å². The molecule has 2 bridgehead atoms. The molecule has 1 N–H and O–H groups in total. The van der Waals surface area contributed by atoms with E-state index in [4.69, 9.17) is 4.52 Å². The Kier molecular flexibility index (Phi) is 5.52. The number of fused-ring (bicyclic) bond motifs is 2. The molecule has 2 aliphatic rings. The lowest BCUT2D eigenvalue weighted by molar-refractivity contribution is 0.185. The molecule has 180 valence electrons. The predicted octanol–water partition coefficient (Wildman–Crippen LogP) is 4.06. The number of hydrogen-bond acceptors (Lipinski definition) is 7. The summed E-state index contributed by atoms with van der Waals surface area (Å²) in [6.45, 7) is 0.324. The third-order valence-corrected chi connectivity index (χ3v) is 7.05. The zero-order valence-corrected chi connectivity index (χ0v) is 18.9. The van der Waals surface area contributed by atoms with Crippen molar-refractivity contribution in [1.29, 1.82) is 0 Å². The molecular formula is C25H24F2N6O2. The van der Waals surface area contributed by atoms with Gasteiger partial charge in [-0.05, 0) is 43.7 Å². The number of anilines is 1. The highest BCUT2D eigenvalue weighted by Gasteiger charge is 2.42. The van der Waals surface area contributed by atoms with Gasteiger partial charge in [0, 0.05) is 30.3 Å². The number of aromatic nitrogens is 5. The highest BCUT2D eigenvalue weighted by Crippen LogP contribution is 2.42. The molecule has 2 fully saturated rings. The Hall–Kier alpha value is -3.66. The van der Waals surface area contributed by atoms with Gasteiger partial charge < -0.3 is 14.5 Å². The monoisotopic (exact) mass is 478 g/mol. The molecule has 0 radical (unpaired) electrons. The van der Waals surface area contributed by atoms with Gasteiger partial charge in [0.2, 0.25) is 0 Å². The Morgan fingerprint density at radius 2 is 1.83 bits per heavy atom. The summed E-state index contributed by atoms with van der Waals surface area (Å²) in [5, 5.41) is 18.3. The molecule has 0 amide bonds. The predicted molar refractivity (Wildman–Crippen MR) is 123 cm³/mol. The first-order valence-corrected chi connectivity index (χ1v) is 11.7. The highest BCUT2D eigenvalue weighted by atomic mass is 19.1. The van der Waals surface area contributed by atoms with Gasteiger partial charge >= 0.3 is 0 Å². The maximum Gasteiger partial charge on any atom is 0.183 e. The summed E-state index contributed by atoms with van der Waals surface area (Å²) in [6, 6.07) is 10.2. The number of nitrogens with zero attached hydrogens (tertiary/aromatic N) is 6. The third-order valence-electron chi connectivity index (χ3n) is 7.05. The van der Waals surface area contributed by atoms with Crippen LogP contribution in [0, 0.1) is 17.6 Å². The van der Waals surface area contributed by atoms with Gasteiger partial charge in [-0.25, -0.2) is 18.7 Å². The molecule has 6 rings (SSSR count). The third kappa shape index (κ3) is 3.97. The Balaban J connectivity index is 1.38. The molecule has 2 saturated heterocycles. The minimum absolute atomic E-state index is 0.146. The summed E-state index contributed by atoms with van der Waals surface area (Å²) in [5.41, 5.74) is 2.04. The van der Waals surface area contributed by atoms with Crippen LogP contribution < -0.4 is 4.90 Å². The summed E-state index contributed by atoms with van der Waals surface area (Å²) < 4.78 is 35.9. The van der Waals surface area contributed by atoms with Crippen LogP contribution in [0.2, 0.25) is 0 Å². The van der Waals surface area contributed by atoms with Crippen molar-refractivity contribution >= 4 is 5.82 Å². The Bertz CT molecular complexity index is 1330. The van der Waals surface area contributed by atoms with Gasteiger partial charge in [0.25, 0.3) is 0 Å². The summed E-state index contributed by atoms with van der Waals surface area (Å²) >= 11 is 0. The van der Waals surface area contributed by atoms with Crippen LogP contribution in [0.1, 0.15) is 31.2 Å². The second-order valence-electron chi connectivity index (χ2n) is 9.23. The van der Waals surface area contributed by atoms with E-state index in [2.05, 4.69) is 25.1 Å². The maximum absolute atomic E-state index is 15.0. The average Bonchev–Trinajstić information content (AvgIpc) is 3.59. The number of hydrogen-bond donors (Lipinski definition) is 1. The first-order valence-electron chi connectivity index (χ1n) is 11.7. The van der Waals surface area contributed by atoms with Gasteiger partial charge in [-0.3, -0.25) is 4.68 Å². The van der Waals surface area contributed by atoms with Crippen LogP contribution in [0.5, 0.6) is 0 Å². The Morgan fingerprint density at radius 3 is 2.54 bits per heavy atom. The molecule has 0 saturated carbocycles. The van der Waals surface area contributed by atoms with Crippen LogP contribution in [-0.2, 0) is 6.54 Å². The molecule has 3 atom stereocenters. The highest BCUT2D eigenvalue weighted by molar-refractivity contribution is 5.63. The number of rotatable bonds is 6. The summed E-state index contributed by atoms with van der Waals surface area (Å²) in [5.74, 6) is -0.0202.